The third kappa shape index (κ3) is 8.41. The Bertz CT molecular complexity index is 188. The van der Waals surface area contributed by atoms with Crippen LogP contribution < -0.4 is 0 Å². The SMILES string of the molecule is C1=CCCCC1.CCCC(=O)C(C)(C)C. The molecule has 0 bridgehead atoms. The van der Waals surface area contributed by atoms with Gasteiger partial charge in [0.15, 0.2) is 0 Å². The van der Waals surface area contributed by atoms with Crippen molar-refractivity contribution in [2.45, 2.75) is 66.2 Å². The van der Waals surface area contributed by atoms with Gasteiger partial charge in [-0.15, -0.1) is 0 Å². The van der Waals surface area contributed by atoms with Gasteiger partial charge in [0.25, 0.3) is 0 Å². The molecular weight excluding hydrogens is 184 g/mol. The maximum atomic E-state index is 11.1. The highest BCUT2D eigenvalue weighted by atomic mass is 16.1. The van der Waals surface area contributed by atoms with Crippen LogP contribution in [0.1, 0.15) is 66.2 Å². The highest BCUT2D eigenvalue weighted by Crippen LogP contribution is 2.16. The molecule has 0 N–H and O–H groups in total. The van der Waals surface area contributed by atoms with Crippen molar-refractivity contribution in [2.24, 2.45) is 5.41 Å². The van der Waals surface area contributed by atoms with Crippen LogP contribution in [0.3, 0.4) is 0 Å². The van der Waals surface area contributed by atoms with Crippen LogP contribution in [0.25, 0.3) is 0 Å². The fourth-order valence-corrected chi connectivity index (χ4v) is 1.36. The first-order valence-corrected chi connectivity index (χ1v) is 6.16. The van der Waals surface area contributed by atoms with Gasteiger partial charge in [-0.3, -0.25) is 4.79 Å². The first-order valence-electron chi connectivity index (χ1n) is 6.16. The van der Waals surface area contributed by atoms with Crippen LogP contribution in [0.15, 0.2) is 12.2 Å². The smallest absolute Gasteiger partial charge is 0.138 e. The van der Waals surface area contributed by atoms with E-state index in [1.165, 1.54) is 25.7 Å². The van der Waals surface area contributed by atoms with Crippen molar-refractivity contribution in [2.75, 3.05) is 0 Å². The highest BCUT2D eigenvalue weighted by molar-refractivity contribution is 5.83. The lowest BCUT2D eigenvalue weighted by molar-refractivity contribution is -0.126. The summed E-state index contributed by atoms with van der Waals surface area (Å²) in [5.74, 6) is 0.366. The van der Waals surface area contributed by atoms with Crippen LogP contribution in [0.4, 0.5) is 0 Å². The Balaban J connectivity index is 0.000000280. The standard InChI is InChI=1S/C8H16O.C6H10/c1-5-6-7(9)8(2,3)4;1-2-4-6-5-3-1/h5-6H2,1-4H3;1-2H,3-6H2. The monoisotopic (exact) mass is 210 g/mol. The first kappa shape index (κ1) is 14.4. The molecule has 1 aliphatic carbocycles. The zero-order valence-corrected chi connectivity index (χ0v) is 10.8. The van der Waals surface area contributed by atoms with Gasteiger partial charge in [-0.25, -0.2) is 0 Å². The summed E-state index contributed by atoms with van der Waals surface area (Å²) in [6.07, 6.45) is 11.7. The van der Waals surface area contributed by atoms with E-state index >= 15 is 0 Å². The largest absolute Gasteiger partial charge is 0.299 e. The van der Waals surface area contributed by atoms with Crippen molar-refractivity contribution in [3.05, 3.63) is 12.2 Å². The number of ketones is 1. The van der Waals surface area contributed by atoms with E-state index in [0.717, 1.165) is 12.8 Å². The van der Waals surface area contributed by atoms with Crippen LogP contribution in [0, 0.1) is 5.41 Å². The number of allylic oxidation sites excluding steroid dienone is 2. The zero-order valence-electron chi connectivity index (χ0n) is 10.8. The Labute approximate surface area is 95.0 Å². The quantitative estimate of drug-likeness (QED) is 0.612. The average molecular weight is 210 g/mol. The van der Waals surface area contributed by atoms with Crippen LogP contribution in [0.2, 0.25) is 0 Å². The molecule has 0 aromatic carbocycles. The molecular formula is C14H26O. The third-order valence-electron chi connectivity index (χ3n) is 2.47. The van der Waals surface area contributed by atoms with Crippen molar-refractivity contribution in [1.82, 2.24) is 0 Å². The average Bonchev–Trinajstić information content (AvgIpc) is 2.20. The summed E-state index contributed by atoms with van der Waals surface area (Å²) in [5, 5.41) is 0. The number of hydrogen-bond donors (Lipinski definition) is 0. The molecule has 1 aliphatic rings. The van der Waals surface area contributed by atoms with E-state index in [1.807, 2.05) is 27.7 Å². The first-order chi connectivity index (χ1) is 6.98. The number of Topliss-reactive ketones (excluding diaryl/α,β-unsaturated/α-hetero) is 1. The second kappa shape index (κ2) is 7.67. The van der Waals surface area contributed by atoms with Gasteiger partial charge < -0.3 is 0 Å². The van der Waals surface area contributed by atoms with Gasteiger partial charge in [0.2, 0.25) is 0 Å². The number of hydrogen-bond acceptors (Lipinski definition) is 1. The van der Waals surface area contributed by atoms with E-state index < -0.39 is 0 Å². The molecule has 0 amide bonds. The number of carbonyl (C=O) groups excluding carboxylic acids is 1. The molecule has 88 valence electrons. The summed E-state index contributed by atoms with van der Waals surface area (Å²) in [7, 11) is 0. The molecule has 0 unspecified atom stereocenters. The molecule has 0 fully saturated rings. The predicted molar refractivity (Wildman–Crippen MR) is 67.0 cm³/mol. The van der Waals surface area contributed by atoms with Gasteiger partial charge >= 0.3 is 0 Å². The minimum atomic E-state index is -0.129. The molecule has 0 radical (unpaired) electrons. The van der Waals surface area contributed by atoms with Gasteiger partial charge in [-0.05, 0) is 32.1 Å². The normalized spacial score (nSPS) is 15.5. The van der Waals surface area contributed by atoms with Crippen LogP contribution in [0.5, 0.6) is 0 Å². The summed E-state index contributed by atoms with van der Waals surface area (Å²) in [6.45, 7) is 7.92. The molecule has 1 heteroatoms. The number of carbonyl (C=O) groups is 1. The van der Waals surface area contributed by atoms with Crippen molar-refractivity contribution >= 4 is 5.78 Å². The van der Waals surface area contributed by atoms with E-state index in [9.17, 15) is 4.79 Å². The predicted octanol–water partition coefficient (Wildman–Crippen LogP) is 4.52. The minimum absolute atomic E-state index is 0.129. The summed E-state index contributed by atoms with van der Waals surface area (Å²) in [5.41, 5.74) is -0.129. The summed E-state index contributed by atoms with van der Waals surface area (Å²) in [6, 6.07) is 0. The summed E-state index contributed by atoms with van der Waals surface area (Å²) in [4.78, 5) is 11.1. The van der Waals surface area contributed by atoms with Crippen molar-refractivity contribution in [3.8, 4) is 0 Å². The molecule has 0 aliphatic heterocycles. The van der Waals surface area contributed by atoms with E-state index in [4.69, 9.17) is 0 Å². The Hall–Kier alpha value is -0.590. The van der Waals surface area contributed by atoms with Crippen molar-refractivity contribution in [3.63, 3.8) is 0 Å². The lowest BCUT2D eigenvalue weighted by atomic mass is 9.88. The van der Waals surface area contributed by atoms with E-state index in [0.29, 0.717) is 5.78 Å². The topological polar surface area (TPSA) is 17.1 Å². The Kier molecular flexibility index (Phi) is 7.37. The minimum Gasteiger partial charge on any atom is -0.299 e. The maximum Gasteiger partial charge on any atom is 0.138 e. The van der Waals surface area contributed by atoms with Gasteiger partial charge in [0.1, 0.15) is 5.78 Å². The van der Waals surface area contributed by atoms with E-state index in [2.05, 4.69) is 12.2 Å². The number of rotatable bonds is 2. The zero-order chi connectivity index (χ0) is 11.7. The van der Waals surface area contributed by atoms with Gasteiger partial charge in [0, 0.05) is 11.8 Å². The maximum absolute atomic E-state index is 11.1. The third-order valence-corrected chi connectivity index (χ3v) is 2.47. The molecule has 1 rings (SSSR count). The summed E-state index contributed by atoms with van der Waals surface area (Å²) >= 11 is 0. The Morgan fingerprint density at radius 3 is 1.73 bits per heavy atom. The fraction of sp³-hybridized carbons (Fsp3) is 0.786. The molecule has 0 atom stereocenters. The van der Waals surface area contributed by atoms with Crippen molar-refractivity contribution < 1.29 is 4.79 Å². The van der Waals surface area contributed by atoms with E-state index in [-0.39, 0.29) is 5.41 Å². The highest BCUT2D eigenvalue weighted by Gasteiger charge is 2.19. The van der Waals surface area contributed by atoms with Crippen LogP contribution in [-0.4, -0.2) is 5.78 Å². The van der Waals surface area contributed by atoms with Crippen molar-refractivity contribution in [1.29, 1.82) is 0 Å². The molecule has 0 aromatic heterocycles. The second-order valence-electron chi connectivity index (χ2n) is 5.18. The molecule has 0 saturated heterocycles. The van der Waals surface area contributed by atoms with Gasteiger partial charge in [-0.1, -0.05) is 39.8 Å². The van der Waals surface area contributed by atoms with Crippen LogP contribution in [-0.2, 0) is 4.79 Å². The molecule has 15 heavy (non-hydrogen) atoms. The second-order valence-corrected chi connectivity index (χ2v) is 5.18. The van der Waals surface area contributed by atoms with Crippen LogP contribution >= 0.6 is 0 Å². The molecule has 0 spiro atoms. The molecule has 0 saturated carbocycles. The fourth-order valence-electron chi connectivity index (χ4n) is 1.36. The summed E-state index contributed by atoms with van der Waals surface area (Å²) < 4.78 is 0. The molecule has 0 heterocycles. The van der Waals surface area contributed by atoms with E-state index in [1.54, 1.807) is 0 Å². The lowest BCUT2D eigenvalue weighted by Crippen LogP contribution is -2.19. The van der Waals surface area contributed by atoms with Gasteiger partial charge in [0.05, 0.1) is 0 Å². The molecule has 1 nitrogen and oxygen atoms in total. The van der Waals surface area contributed by atoms with Gasteiger partial charge in [-0.2, -0.15) is 0 Å². The Morgan fingerprint density at radius 2 is 1.60 bits per heavy atom. The Morgan fingerprint density at radius 1 is 1.13 bits per heavy atom. The lowest BCUT2D eigenvalue weighted by Gasteiger charge is -2.15. The molecule has 0 aromatic rings.